The Hall–Kier alpha value is -3.19. The van der Waals surface area contributed by atoms with Crippen LogP contribution in [0, 0.1) is 5.82 Å². The zero-order valence-electron chi connectivity index (χ0n) is 15.1. The first kappa shape index (κ1) is 19.6. The van der Waals surface area contributed by atoms with E-state index in [0.29, 0.717) is 11.4 Å². The highest BCUT2D eigenvalue weighted by Gasteiger charge is 2.15. The van der Waals surface area contributed by atoms with Gasteiger partial charge in [0.15, 0.2) is 0 Å². The Morgan fingerprint density at radius 1 is 0.857 bits per heavy atom. The molecule has 0 aliphatic rings. The van der Waals surface area contributed by atoms with Gasteiger partial charge in [0.1, 0.15) is 5.82 Å². The number of amides is 1. The lowest BCUT2D eigenvalue weighted by Crippen LogP contribution is -2.14. The van der Waals surface area contributed by atoms with Crippen LogP contribution in [-0.2, 0) is 16.4 Å². The number of anilines is 2. The van der Waals surface area contributed by atoms with Crippen LogP contribution in [0.1, 0.15) is 22.8 Å². The van der Waals surface area contributed by atoms with Gasteiger partial charge in [0.05, 0.1) is 4.90 Å². The van der Waals surface area contributed by atoms with Gasteiger partial charge in [0.2, 0.25) is 0 Å². The van der Waals surface area contributed by atoms with Gasteiger partial charge in [-0.3, -0.25) is 9.52 Å². The molecule has 0 fully saturated rings. The Labute approximate surface area is 163 Å². The van der Waals surface area contributed by atoms with Crippen LogP contribution in [-0.4, -0.2) is 14.3 Å². The van der Waals surface area contributed by atoms with Gasteiger partial charge in [-0.2, -0.15) is 0 Å². The second kappa shape index (κ2) is 8.22. The molecular formula is C21H19FN2O3S. The number of benzene rings is 3. The standard InChI is InChI=1S/C21H19FN2O3S/c1-2-15-3-9-19(10-4-15)24-28(26,27)20-13-5-16(6-14-20)21(25)23-18-11-7-17(22)8-12-18/h3-14,24H,2H2,1H3,(H,23,25). The second-order valence-corrected chi connectivity index (χ2v) is 7.82. The molecule has 7 heteroatoms. The third-order valence-corrected chi connectivity index (χ3v) is 5.54. The summed E-state index contributed by atoms with van der Waals surface area (Å²) >= 11 is 0. The van der Waals surface area contributed by atoms with Crippen molar-refractivity contribution in [2.45, 2.75) is 18.2 Å². The predicted octanol–water partition coefficient (Wildman–Crippen LogP) is 4.44. The van der Waals surface area contributed by atoms with Crippen LogP contribution in [0.4, 0.5) is 15.8 Å². The molecule has 0 spiro atoms. The van der Waals surface area contributed by atoms with Crippen molar-refractivity contribution in [3.8, 4) is 0 Å². The Morgan fingerprint density at radius 3 is 2.00 bits per heavy atom. The number of hydrogen-bond acceptors (Lipinski definition) is 3. The first-order valence-corrected chi connectivity index (χ1v) is 10.1. The quantitative estimate of drug-likeness (QED) is 0.645. The van der Waals surface area contributed by atoms with Crippen LogP contribution < -0.4 is 10.0 Å². The van der Waals surface area contributed by atoms with Crippen molar-refractivity contribution in [3.05, 3.63) is 89.7 Å². The minimum absolute atomic E-state index is 0.0467. The molecular weight excluding hydrogens is 379 g/mol. The maximum atomic E-state index is 12.9. The van der Waals surface area contributed by atoms with E-state index in [-0.39, 0.29) is 10.5 Å². The molecule has 0 radical (unpaired) electrons. The average molecular weight is 398 g/mol. The molecule has 3 aromatic rings. The molecule has 144 valence electrons. The summed E-state index contributed by atoms with van der Waals surface area (Å²) in [6.07, 6.45) is 0.870. The molecule has 0 aromatic heterocycles. The molecule has 2 N–H and O–H groups in total. The summed E-state index contributed by atoms with van der Waals surface area (Å²) in [5.74, 6) is -0.817. The highest BCUT2D eigenvalue weighted by atomic mass is 32.2. The SMILES string of the molecule is CCc1ccc(NS(=O)(=O)c2ccc(C(=O)Nc3ccc(F)cc3)cc2)cc1. The molecule has 5 nitrogen and oxygen atoms in total. The summed E-state index contributed by atoms with van der Waals surface area (Å²) in [4.78, 5) is 12.3. The van der Waals surface area contributed by atoms with Crippen molar-refractivity contribution in [3.63, 3.8) is 0 Å². The second-order valence-electron chi connectivity index (χ2n) is 6.14. The number of carbonyl (C=O) groups is 1. The third kappa shape index (κ3) is 4.75. The monoisotopic (exact) mass is 398 g/mol. The van der Waals surface area contributed by atoms with Crippen molar-refractivity contribution >= 4 is 27.3 Å². The van der Waals surface area contributed by atoms with Gasteiger partial charge in [-0.1, -0.05) is 19.1 Å². The number of hydrogen-bond donors (Lipinski definition) is 2. The molecule has 0 aliphatic heterocycles. The minimum atomic E-state index is -3.76. The fourth-order valence-electron chi connectivity index (χ4n) is 2.54. The van der Waals surface area contributed by atoms with Crippen LogP contribution in [0.2, 0.25) is 0 Å². The molecule has 0 unspecified atom stereocenters. The van der Waals surface area contributed by atoms with E-state index in [0.717, 1.165) is 12.0 Å². The van der Waals surface area contributed by atoms with Crippen LogP contribution in [0.15, 0.2) is 77.7 Å². The van der Waals surface area contributed by atoms with Crippen LogP contribution in [0.25, 0.3) is 0 Å². The third-order valence-electron chi connectivity index (χ3n) is 4.14. The van der Waals surface area contributed by atoms with E-state index in [4.69, 9.17) is 0 Å². The van der Waals surface area contributed by atoms with Gasteiger partial charge < -0.3 is 5.32 Å². The normalized spacial score (nSPS) is 11.1. The van der Waals surface area contributed by atoms with Crippen molar-refractivity contribution in [1.29, 1.82) is 0 Å². The fraction of sp³-hybridized carbons (Fsp3) is 0.0952. The highest BCUT2D eigenvalue weighted by Crippen LogP contribution is 2.18. The molecule has 0 atom stereocenters. The van der Waals surface area contributed by atoms with Gasteiger partial charge in [-0.25, -0.2) is 12.8 Å². The lowest BCUT2D eigenvalue weighted by molar-refractivity contribution is 0.102. The van der Waals surface area contributed by atoms with Gasteiger partial charge in [-0.05, 0) is 72.6 Å². The van der Waals surface area contributed by atoms with Crippen molar-refractivity contribution in [1.82, 2.24) is 0 Å². The Morgan fingerprint density at radius 2 is 1.43 bits per heavy atom. The van der Waals surface area contributed by atoms with Crippen molar-refractivity contribution in [2.75, 3.05) is 10.0 Å². The number of rotatable bonds is 6. The number of halogens is 1. The van der Waals surface area contributed by atoms with E-state index in [1.54, 1.807) is 12.1 Å². The summed E-state index contributed by atoms with van der Waals surface area (Å²) < 4.78 is 40.5. The molecule has 28 heavy (non-hydrogen) atoms. The van der Waals surface area contributed by atoms with E-state index in [9.17, 15) is 17.6 Å². The summed E-state index contributed by atoms with van der Waals surface area (Å²) in [5.41, 5.74) is 2.31. The Bertz CT molecular complexity index is 1060. The van der Waals surface area contributed by atoms with Gasteiger partial charge in [0, 0.05) is 16.9 Å². The molecule has 1 amide bonds. The van der Waals surface area contributed by atoms with Crippen LogP contribution in [0.3, 0.4) is 0 Å². The lowest BCUT2D eigenvalue weighted by atomic mass is 10.2. The number of aryl methyl sites for hydroxylation is 1. The van der Waals surface area contributed by atoms with Gasteiger partial charge in [-0.15, -0.1) is 0 Å². The zero-order chi connectivity index (χ0) is 20.1. The smallest absolute Gasteiger partial charge is 0.261 e. The highest BCUT2D eigenvalue weighted by molar-refractivity contribution is 7.92. The van der Waals surface area contributed by atoms with E-state index in [1.807, 2.05) is 19.1 Å². The molecule has 0 heterocycles. The van der Waals surface area contributed by atoms with Crippen molar-refractivity contribution in [2.24, 2.45) is 0 Å². The van der Waals surface area contributed by atoms with E-state index >= 15 is 0 Å². The molecule has 0 saturated heterocycles. The maximum absolute atomic E-state index is 12.9. The van der Waals surface area contributed by atoms with E-state index < -0.39 is 21.7 Å². The van der Waals surface area contributed by atoms with Gasteiger partial charge >= 0.3 is 0 Å². The largest absolute Gasteiger partial charge is 0.322 e. The first-order chi connectivity index (χ1) is 13.4. The molecule has 0 bridgehead atoms. The number of sulfonamides is 1. The molecule has 0 saturated carbocycles. The van der Waals surface area contributed by atoms with Crippen molar-refractivity contribution < 1.29 is 17.6 Å². The lowest BCUT2D eigenvalue weighted by Gasteiger charge is -2.10. The van der Waals surface area contributed by atoms with Crippen LogP contribution in [0.5, 0.6) is 0 Å². The number of nitrogens with one attached hydrogen (secondary N) is 2. The van der Waals surface area contributed by atoms with Gasteiger partial charge in [0.25, 0.3) is 15.9 Å². The topological polar surface area (TPSA) is 75.3 Å². The summed E-state index contributed by atoms with van der Waals surface area (Å²) in [7, 11) is -3.76. The Balaban J connectivity index is 1.71. The predicted molar refractivity (Wildman–Crippen MR) is 107 cm³/mol. The summed E-state index contributed by atoms with van der Waals surface area (Å²) in [6.45, 7) is 2.02. The average Bonchev–Trinajstić information content (AvgIpc) is 2.70. The fourth-order valence-corrected chi connectivity index (χ4v) is 3.60. The number of carbonyl (C=O) groups excluding carboxylic acids is 1. The zero-order valence-corrected chi connectivity index (χ0v) is 16.0. The summed E-state index contributed by atoms with van der Waals surface area (Å²) in [6, 6.07) is 18.1. The van der Waals surface area contributed by atoms with Crippen LogP contribution >= 0.6 is 0 Å². The maximum Gasteiger partial charge on any atom is 0.261 e. The van der Waals surface area contributed by atoms with E-state index in [1.165, 1.54) is 48.5 Å². The summed E-state index contributed by atoms with van der Waals surface area (Å²) in [5, 5.41) is 2.62. The molecule has 3 aromatic carbocycles. The first-order valence-electron chi connectivity index (χ1n) is 8.66. The Kier molecular flexibility index (Phi) is 5.75. The minimum Gasteiger partial charge on any atom is -0.322 e. The molecule has 0 aliphatic carbocycles. The molecule has 3 rings (SSSR count). The van der Waals surface area contributed by atoms with E-state index in [2.05, 4.69) is 10.0 Å².